The van der Waals surface area contributed by atoms with E-state index in [1.54, 1.807) is 14.1 Å². The number of nitrogens with zero attached hydrogens (tertiary/aromatic N) is 1. The summed E-state index contributed by atoms with van der Waals surface area (Å²) in [4.78, 5) is 10.7. The van der Waals surface area contributed by atoms with E-state index in [1.807, 2.05) is 0 Å². The number of hydrogen-bond acceptors (Lipinski definition) is 5. The van der Waals surface area contributed by atoms with Crippen LogP contribution in [0.25, 0.3) is 0 Å². The first-order valence-corrected chi connectivity index (χ1v) is 6.29. The monoisotopic (exact) mass is 251 g/mol. The van der Waals surface area contributed by atoms with Gasteiger partial charge in [0.25, 0.3) is 0 Å². The Morgan fingerprint density at radius 3 is 2.44 bits per heavy atom. The molecule has 7 heteroatoms. The highest BCUT2D eigenvalue weighted by molar-refractivity contribution is 7.85. The minimum Gasteiger partial charge on any atom is -0.748 e. The molecule has 0 saturated heterocycles. The van der Waals surface area contributed by atoms with E-state index in [1.165, 1.54) is 0 Å². The van der Waals surface area contributed by atoms with Crippen molar-refractivity contribution in [2.24, 2.45) is 0 Å². The topological polar surface area (TPSA) is 83.5 Å². The van der Waals surface area contributed by atoms with Crippen LogP contribution >= 0.6 is 0 Å². The lowest BCUT2D eigenvalue weighted by molar-refractivity contribution is -0.888. The zero-order chi connectivity index (χ0) is 12.8. The summed E-state index contributed by atoms with van der Waals surface area (Å²) in [5, 5.41) is 0. The van der Waals surface area contributed by atoms with Crippen LogP contribution in [0.15, 0.2) is 12.7 Å². The minimum absolute atomic E-state index is 0.163. The van der Waals surface area contributed by atoms with Gasteiger partial charge in [-0.1, -0.05) is 6.58 Å². The van der Waals surface area contributed by atoms with Crippen molar-refractivity contribution < 1.29 is 27.0 Å². The largest absolute Gasteiger partial charge is 0.748 e. The third-order valence-electron chi connectivity index (χ3n) is 2.05. The van der Waals surface area contributed by atoms with Gasteiger partial charge in [0.1, 0.15) is 23.3 Å². The van der Waals surface area contributed by atoms with Gasteiger partial charge in [0.05, 0.1) is 26.4 Å². The summed E-state index contributed by atoms with van der Waals surface area (Å²) in [6.07, 6.45) is 1.06. The van der Waals surface area contributed by atoms with Crippen LogP contribution in [0.4, 0.5) is 0 Å². The summed E-state index contributed by atoms with van der Waals surface area (Å²) in [5.41, 5.74) is 0. The van der Waals surface area contributed by atoms with E-state index < -0.39 is 21.8 Å². The van der Waals surface area contributed by atoms with E-state index in [-0.39, 0.29) is 13.2 Å². The minimum atomic E-state index is -4.19. The lowest BCUT2D eigenvalue weighted by atomic mass is 10.4. The van der Waals surface area contributed by atoms with Crippen molar-refractivity contribution in [1.82, 2.24) is 0 Å². The molecule has 16 heavy (non-hydrogen) atoms. The lowest BCUT2D eigenvalue weighted by Gasteiger charge is -2.29. The van der Waals surface area contributed by atoms with E-state index in [2.05, 4.69) is 6.58 Å². The second-order valence-corrected chi connectivity index (χ2v) is 5.54. The number of rotatable bonds is 7. The van der Waals surface area contributed by atoms with Crippen LogP contribution in [-0.2, 0) is 19.6 Å². The Bertz CT molecular complexity index is 347. The number of carbonyl (C=O) groups excluding carboxylic acids is 1. The second-order valence-electron chi connectivity index (χ2n) is 4.02. The van der Waals surface area contributed by atoms with E-state index in [0.29, 0.717) is 11.0 Å². The molecule has 6 nitrogen and oxygen atoms in total. The fourth-order valence-corrected chi connectivity index (χ4v) is 1.64. The van der Waals surface area contributed by atoms with Crippen LogP contribution in [0, 0.1) is 0 Å². The molecule has 0 heterocycles. The number of hydrogen-bond donors (Lipinski definition) is 0. The molecule has 0 spiro atoms. The second kappa shape index (κ2) is 5.97. The highest BCUT2D eigenvalue weighted by Crippen LogP contribution is 1.98. The molecule has 0 unspecified atom stereocenters. The molecule has 0 aliphatic carbocycles. The maximum absolute atomic E-state index is 10.7. The van der Waals surface area contributed by atoms with E-state index in [0.717, 1.165) is 6.08 Å². The van der Waals surface area contributed by atoms with Gasteiger partial charge in [-0.15, -0.1) is 0 Å². The van der Waals surface area contributed by atoms with Crippen molar-refractivity contribution >= 4 is 16.1 Å². The first-order valence-electron chi connectivity index (χ1n) is 4.71. The third kappa shape index (κ3) is 8.39. The van der Waals surface area contributed by atoms with Crippen molar-refractivity contribution in [3.8, 4) is 0 Å². The number of quaternary nitrogens is 1. The summed E-state index contributed by atoms with van der Waals surface area (Å²) in [5.74, 6) is -0.938. The zero-order valence-corrected chi connectivity index (χ0v) is 10.3. The standard InChI is InChI=1S/C9H17NO5S/c1-4-9(11)15-7-5-10(2,3)6-8-16(12,13)14/h4H,1,5-8H2,2-3H3. The first kappa shape index (κ1) is 15.1. The van der Waals surface area contributed by atoms with Crippen molar-refractivity contribution in [2.75, 3.05) is 39.5 Å². The van der Waals surface area contributed by atoms with Crippen LogP contribution in [0.3, 0.4) is 0 Å². The van der Waals surface area contributed by atoms with Crippen molar-refractivity contribution in [3.63, 3.8) is 0 Å². The Morgan fingerprint density at radius 1 is 1.44 bits per heavy atom. The maximum atomic E-state index is 10.7. The van der Waals surface area contributed by atoms with Crippen LogP contribution in [0.2, 0.25) is 0 Å². The molecule has 0 atom stereocenters. The fourth-order valence-electron chi connectivity index (χ4n) is 0.923. The number of esters is 1. The molecule has 0 aliphatic rings. The van der Waals surface area contributed by atoms with Crippen molar-refractivity contribution in [1.29, 1.82) is 0 Å². The molecule has 0 rings (SSSR count). The van der Waals surface area contributed by atoms with E-state index >= 15 is 0 Å². The molecule has 0 aliphatic heterocycles. The highest BCUT2D eigenvalue weighted by atomic mass is 32.2. The van der Waals surface area contributed by atoms with E-state index in [4.69, 9.17) is 4.74 Å². The van der Waals surface area contributed by atoms with Gasteiger partial charge in [-0.25, -0.2) is 13.2 Å². The summed E-state index contributed by atoms with van der Waals surface area (Å²) in [7, 11) is -0.679. The lowest BCUT2D eigenvalue weighted by Crippen LogP contribution is -2.45. The predicted molar refractivity (Wildman–Crippen MR) is 57.6 cm³/mol. The van der Waals surface area contributed by atoms with Gasteiger partial charge in [0, 0.05) is 6.08 Å². The van der Waals surface area contributed by atoms with Gasteiger partial charge in [-0.3, -0.25) is 0 Å². The van der Waals surface area contributed by atoms with Crippen molar-refractivity contribution in [3.05, 3.63) is 12.7 Å². The van der Waals surface area contributed by atoms with Gasteiger partial charge in [0.2, 0.25) is 0 Å². The molecule has 0 aromatic carbocycles. The predicted octanol–water partition coefficient (Wildman–Crippen LogP) is -0.663. The molecule has 0 saturated carbocycles. The van der Waals surface area contributed by atoms with Crippen LogP contribution in [0.1, 0.15) is 0 Å². The smallest absolute Gasteiger partial charge is 0.330 e. The van der Waals surface area contributed by atoms with Gasteiger partial charge >= 0.3 is 5.97 Å². The van der Waals surface area contributed by atoms with Crippen LogP contribution < -0.4 is 0 Å². The maximum Gasteiger partial charge on any atom is 0.330 e. The van der Waals surface area contributed by atoms with E-state index in [9.17, 15) is 17.8 Å². The molecular formula is C9H17NO5S. The van der Waals surface area contributed by atoms with Crippen LogP contribution in [0.5, 0.6) is 0 Å². The Hall–Kier alpha value is -0.920. The molecule has 0 fully saturated rings. The number of likely N-dealkylation sites (N-methyl/N-ethyl adjacent to an activating group) is 1. The summed E-state index contributed by atoms with van der Waals surface area (Å²) in [6, 6.07) is 0. The summed E-state index contributed by atoms with van der Waals surface area (Å²) < 4.78 is 36.4. The van der Waals surface area contributed by atoms with Gasteiger partial charge < -0.3 is 13.8 Å². The summed E-state index contributed by atoms with van der Waals surface area (Å²) >= 11 is 0. The number of carbonyl (C=O) groups is 1. The van der Waals surface area contributed by atoms with Crippen molar-refractivity contribution in [2.45, 2.75) is 0 Å². The normalized spacial score (nSPS) is 12.2. The first-order chi connectivity index (χ1) is 7.16. The molecule has 0 amide bonds. The molecule has 0 N–H and O–H groups in total. The van der Waals surface area contributed by atoms with Gasteiger partial charge in [0.15, 0.2) is 0 Å². The average molecular weight is 251 g/mol. The molecule has 0 bridgehead atoms. The fraction of sp³-hybridized carbons (Fsp3) is 0.667. The number of ether oxygens (including phenoxy) is 1. The Labute approximate surface area is 95.8 Å². The zero-order valence-electron chi connectivity index (χ0n) is 9.51. The molecule has 0 radical (unpaired) electrons. The van der Waals surface area contributed by atoms with Crippen LogP contribution in [-0.4, -0.2) is 63.0 Å². The van der Waals surface area contributed by atoms with Gasteiger partial charge in [-0.2, -0.15) is 0 Å². The Kier molecular flexibility index (Phi) is 5.63. The average Bonchev–Trinajstić information content (AvgIpc) is 2.13. The molecular weight excluding hydrogens is 234 g/mol. The third-order valence-corrected chi connectivity index (χ3v) is 2.74. The molecule has 0 aromatic rings. The highest BCUT2D eigenvalue weighted by Gasteiger charge is 2.16. The quantitative estimate of drug-likeness (QED) is 0.259. The van der Waals surface area contributed by atoms with Gasteiger partial charge in [-0.05, 0) is 0 Å². The molecule has 0 aromatic heterocycles. The SMILES string of the molecule is C=CC(=O)OCC[N+](C)(C)CCS(=O)(=O)[O-]. The molecule has 94 valence electrons. The Morgan fingerprint density at radius 2 is 2.00 bits per heavy atom. The Balaban J connectivity index is 3.96. The summed E-state index contributed by atoms with van der Waals surface area (Å²) in [6.45, 7) is 4.04.